The zero-order valence-corrected chi connectivity index (χ0v) is 13.1. The lowest BCUT2D eigenvalue weighted by atomic mass is 10.1. The molecular weight excluding hydrogens is 268 g/mol. The zero-order chi connectivity index (χ0) is 14.4. The summed E-state index contributed by atoms with van der Waals surface area (Å²) in [5.74, 6) is 0. The second-order valence-corrected chi connectivity index (χ2v) is 5.71. The normalized spacial score (nSPS) is 19.6. The summed E-state index contributed by atoms with van der Waals surface area (Å²) < 4.78 is 5.57. The van der Waals surface area contributed by atoms with Crippen molar-refractivity contribution in [1.29, 1.82) is 0 Å². The molecule has 0 bridgehead atoms. The monoisotopic (exact) mass is 292 g/mol. The Morgan fingerprint density at radius 1 is 1.40 bits per heavy atom. The van der Waals surface area contributed by atoms with Gasteiger partial charge in [-0.3, -0.25) is 0 Å². The van der Waals surface area contributed by atoms with E-state index in [0.29, 0.717) is 11.2 Å². The quantitative estimate of drug-likeness (QED) is 0.818. The molecule has 0 spiro atoms. The van der Waals surface area contributed by atoms with Gasteiger partial charge < -0.3 is 15.4 Å². The molecule has 20 heavy (non-hydrogen) atoms. The predicted molar refractivity (Wildman–Crippen MR) is 86.9 cm³/mol. The van der Waals surface area contributed by atoms with Gasteiger partial charge in [-0.05, 0) is 49.5 Å². The zero-order valence-electron chi connectivity index (χ0n) is 12.3. The molecule has 1 aromatic carbocycles. The molecule has 0 saturated carbocycles. The van der Waals surface area contributed by atoms with E-state index in [1.807, 2.05) is 0 Å². The first-order valence-electron chi connectivity index (χ1n) is 7.44. The van der Waals surface area contributed by atoms with E-state index in [1.54, 1.807) is 0 Å². The van der Waals surface area contributed by atoms with Crippen molar-refractivity contribution in [2.24, 2.45) is 0 Å². The lowest BCUT2D eigenvalue weighted by molar-refractivity contribution is 0.114. The van der Waals surface area contributed by atoms with Crippen molar-refractivity contribution in [3.8, 4) is 0 Å². The first-order valence-corrected chi connectivity index (χ1v) is 7.84. The third-order valence-corrected chi connectivity index (χ3v) is 4.01. The Kier molecular flexibility index (Phi) is 5.80. The lowest BCUT2D eigenvalue weighted by Crippen LogP contribution is -2.40. The summed E-state index contributed by atoms with van der Waals surface area (Å²) in [6, 6.07) is 8.90. The van der Waals surface area contributed by atoms with Gasteiger partial charge in [-0.25, -0.2) is 0 Å². The van der Waals surface area contributed by atoms with Gasteiger partial charge in [-0.2, -0.15) is 0 Å². The van der Waals surface area contributed by atoms with Crippen molar-refractivity contribution in [2.45, 2.75) is 45.3 Å². The van der Waals surface area contributed by atoms with Crippen LogP contribution in [-0.4, -0.2) is 24.4 Å². The van der Waals surface area contributed by atoms with Gasteiger partial charge in [-0.15, -0.1) is 0 Å². The minimum absolute atomic E-state index is 0.213. The fourth-order valence-electron chi connectivity index (χ4n) is 2.38. The molecule has 2 rings (SSSR count). The van der Waals surface area contributed by atoms with Crippen LogP contribution in [0.3, 0.4) is 0 Å². The molecule has 4 heteroatoms. The molecule has 1 heterocycles. The number of rotatable bonds is 5. The van der Waals surface area contributed by atoms with Crippen molar-refractivity contribution in [3.05, 3.63) is 35.4 Å². The minimum Gasteiger partial charge on any atom is -0.376 e. The van der Waals surface area contributed by atoms with Crippen LogP contribution in [0.2, 0.25) is 0 Å². The molecule has 2 atom stereocenters. The van der Waals surface area contributed by atoms with E-state index >= 15 is 0 Å². The van der Waals surface area contributed by atoms with E-state index in [1.165, 1.54) is 11.1 Å². The first kappa shape index (κ1) is 15.3. The first-order chi connectivity index (χ1) is 9.69. The second kappa shape index (κ2) is 7.60. The summed E-state index contributed by atoms with van der Waals surface area (Å²) in [4.78, 5) is 0. The third kappa shape index (κ3) is 4.46. The van der Waals surface area contributed by atoms with Gasteiger partial charge in [0.15, 0.2) is 5.11 Å². The molecule has 0 radical (unpaired) electrons. The highest BCUT2D eigenvalue weighted by atomic mass is 32.1. The van der Waals surface area contributed by atoms with Crippen LogP contribution in [-0.2, 0) is 11.2 Å². The second-order valence-electron chi connectivity index (χ2n) is 5.31. The van der Waals surface area contributed by atoms with Gasteiger partial charge in [0.05, 0.1) is 12.1 Å². The molecule has 1 aliphatic rings. The molecular formula is C16H24N2OS. The predicted octanol–water partition coefficient (Wildman–Crippen LogP) is 2.95. The Hall–Kier alpha value is -1.13. The molecule has 3 nitrogen and oxygen atoms in total. The van der Waals surface area contributed by atoms with Gasteiger partial charge in [0.1, 0.15) is 0 Å². The van der Waals surface area contributed by atoms with E-state index in [9.17, 15) is 0 Å². The largest absolute Gasteiger partial charge is 0.376 e. The number of hydrogen-bond acceptors (Lipinski definition) is 2. The highest BCUT2D eigenvalue weighted by molar-refractivity contribution is 7.80. The topological polar surface area (TPSA) is 33.3 Å². The number of benzene rings is 1. The van der Waals surface area contributed by atoms with Crippen molar-refractivity contribution in [1.82, 2.24) is 10.6 Å². The summed E-state index contributed by atoms with van der Waals surface area (Å²) in [5.41, 5.74) is 2.61. The SMILES string of the molecule is CCc1ccc(C(C)NC(=S)NCC2CCCO2)cc1. The highest BCUT2D eigenvalue weighted by Crippen LogP contribution is 2.14. The standard InChI is InChI=1S/C16H24N2OS/c1-3-13-6-8-14(9-7-13)12(2)18-16(20)17-11-15-5-4-10-19-15/h6-9,12,15H,3-5,10-11H2,1-2H3,(H2,17,18,20). The van der Waals surface area contributed by atoms with Crippen LogP contribution in [0, 0.1) is 0 Å². The van der Waals surface area contributed by atoms with Crippen LogP contribution >= 0.6 is 12.2 Å². The van der Waals surface area contributed by atoms with E-state index in [4.69, 9.17) is 17.0 Å². The van der Waals surface area contributed by atoms with Crippen molar-refractivity contribution in [3.63, 3.8) is 0 Å². The lowest BCUT2D eigenvalue weighted by Gasteiger charge is -2.19. The summed E-state index contributed by atoms with van der Waals surface area (Å²) >= 11 is 5.34. The summed E-state index contributed by atoms with van der Waals surface area (Å²) in [6.07, 6.45) is 3.67. The Morgan fingerprint density at radius 2 is 2.15 bits per heavy atom. The molecule has 1 aliphatic heterocycles. The van der Waals surface area contributed by atoms with Crippen LogP contribution in [0.15, 0.2) is 24.3 Å². The van der Waals surface area contributed by atoms with Crippen LogP contribution in [0.5, 0.6) is 0 Å². The number of aryl methyl sites for hydroxylation is 1. The maximum absolute atomic E-state index is 5.57. The van der Waals surface area contributed by atoms with Crippen molar-refractivity contribution in [2.75, 3.05) is 13.2 Å². The van der Waals surface area contributed by atoms with E-state index in [-0.39, 0.29) is 6.04 Å². The fraction of sp³-hybridized carbons (Fsp3) is 0.562. The van der Waals surface area contributed by atoms with E-state index in [0.717, 1.165) is 32.4 Å². The van der Waals surface area contributed by atoms with E-state index < -0.39 is 0 Å². The molecule has 2 unspecified atom stereocenters. The Bertz CT molecular complexity index is 427. The van der Waals surface area contributed by atoms with Crippen LogP contribution in [0.1, 0.15) is 43.9 Å². The van der Waals surface area contributed by atoms with Crippen molar-refractivity contribution < 1.29 is 4.74 Å². The fourth-order valence-corrected chi connectivity index (χ4v) is 2.64. The third-order valence-electron chi connectivity index (χ3n) is 3.75. The summed E-state index contributed by atoms with van der Waals surface area (Å²) in [5, 5.41) is 7.27. The van der Waals surface area contributed by atoms with Gasteiger partial charge in [-0.1, -0.05) is 31.2 Å². The average molecular weight is 292 g/mol. The van der Waals surface area contributed by atoms with Gasteiger partial charge in [0, 0.05) is 13.2 Å². The smallest absolute Gasteiger partial charge is 0.166 e. The molecule has 0 amide bonds. The van der Waals surface area contributed by atoms with Crippen LogP contribution in [0.4, 0.5) is 0 Å². The maximum Gasteiger partial charge on any atom is 0.166 e. The Morgan fingerprint density at radius 3 is 2.75 bits per heavy atom. The molecule has 2 N–H and O–H groups in total. The van der Waals surface area contributed by atoms with Crippen LogP contribution < -0.4 is 10.6 Å². The molecule has 0 aliphatic carbocycles. The van der Waals surface area contributed by atoms with Crippen molar-refractivity contribution >= 4 is 17.3 Å². The van der Waals surface area contributed by atoms with Gasteiger partial charge in [0.2, 0.25) is 0 Å². The number of ether oxygens (including phenoxy) is 1. The van der Waals surface area contributed by atoms with E-state index in [2.05, 4.69) is 48.7 Å². The number of hydrogen-bond donors (Lipinski definition) is 2. The number of thiocarbonyl (C=S) groups is 1. The van der Waals surface area contributed by atoms with Crippen LogP contribution in [0.25, 0.3) is 0 Å². The average Bonchev–Trinajstić information content (AvgIpc) is 2.98. The summed E-state index contributed by atoms with van der Waals surface area (Å²) in [6.45, 7) is 5.97. The Balaban J connectivity index is 1.77. The Labute approximate surface area is 127 Å². The molecule has 110 valence electrons. The van der Waals surface area contributed by atoms with Gasteiger partial charge in [0.25, 0.3) is 0 Å². The number of nitrogens with one attached hydrogen (secondary N) is 2. The van der Waals surface area contributed by atoms with Gasteiger partial charge >= 0.3 is 0 Å². The molecule has 1 fully saturated rings. The highest BCUT2D eigenvalue weighted by Gasteiger charge is 2.15. The minimum atomic E-state index is 0.213. The summed E-state index contributed by atoms with van der Waals surface area (Å²) in [7, 11) is 0. The molecule has 1 saturated heterocycles. The molecule has 1 aromatic rings. The molecule has 0 aromatic heterocycles. The maximum atomic E-state index is 5.57.